The van der Waals surface area contributed by atoms with Gasteiger partial charge in [0.1, 0.15) is 18.0 Å². The molecule has 2 aliphatic rings. The molecular formula is C16H15N3O2. The van der Waals surface area contributed by atoms with Gasteiger partial charge in [-0.15, -0.1) is 0 Å². The maximum Gasteiger partial charge on any atom is 0.258 e. The standard InChI is InChI=1S/C16H15N3O2/c20-16(12-3-6-18-13(9-12)11-1-2-11)19-7-8-21-15-4-5-17-10-14(15)19/h3-6,9-11H,1-2,7-8H2. The van der Waals surface area contributed by atoms with Gasteiger partial charge in [0.15, 0.2) is 0 Å². The van der Waals surface area contributed by atoms with Crippen molar-refractivity contribution in [2.45, 2.75) is 18.8 Å². The second-order valence-corrected chi connectivity index (χ2v) is 5.39. The molecule has 2 aromatic rings. The lowest BCUT2D eigenvalue weighted by Crippen LogP contribution is -2.38. The summed E-state index contributed by atoms with van der Waals surface area (Å²) in [6, 6.07) is 5.49. The largest absolute Gasteiger partial charge is 0.489 e. The third-order valence-electron chi connectivity index (χ3n) is 3.89. The Bertz CT molecular complexity index is 697. The molecule has 0 bridgehead atoms. The highest BCUT2D eigenvalue weighted by Crippen LogP contribution is 2.39. The Kier molecular flexibility index (Phi) is 2.84. The average molecular weight is 281 g/mol. The molecule has 21 heavy (non-hydrogen) atoms. The van der Waals surface area contributed by atoms with E-state index in [4.69, 9.17) is 4.74 Å². The summed E-state index contributed by atoms with van der Waals surface area (Å²) in [6.45, 7) is 1.04. The Morgan fingerprint density at radius 1 is 1.29 bits per heavy atom. The van der Waals surface area contributed by atoms with Crippen molar-refractivity contribution in [2.75, 3.05) is 18.1 Å². The summed E-state index contributed by atoms with van der Waals surface area (Å²) in [5.74, 6) is 1.23. The van der Waals surface area contributed by atoms with Crippen LogP contribution in [-0.4, -0.2) is 29.0 Å². The predicted molar refractivity (Wildman–Crippen MR) is 77.6 cm³/mol. The summed E-state index contributed by atoms with van der Waals surface area (Å²) in [5, 5.41) is 0. The molecule has 0 saturated heterocycles. The normalized spacial score (nSPS) is 17.0. The molecule has 1 fully saturated rings. The lowest BCUT2D eigenvalue weighted by Gasteiger charge is -2.29. The van der Waals surface area contributed by atoms with Crippen molar-refractivity contribution in [1.29, 1.82) is 0 Å². The van der Waals surface area contributed by atoms with Gasteiger partial charge >= 0.3 is 0 Å². The van der Waals surface area contributed by atoms with Crippen LogP contribution in [0.25, 0.3) is 0 Å². The third-order valence-corrected chi connectivity index (χ3v) is 3.89. The van der Waals surface area contributed by atoms with Gasteiger partial charge in [-0.1, -0.05) is 0 Å². The van der Waals surface area contributed by atoms with Gasteiger partial charge in [0, 0.05) is 35.6 Å². The predicted octanol–water partition coefficient (Wildman–Crippen LogP) is 2.39. The zero-order valence-corrected chi connectivity index (χ0v) is 11.5. The summed E-state index contributed by atoms with van der Waals surface area (Å²) < 4.78 is 5.57. The van der Waals surface area contributed by atoms with Crippen LogP contribution in [0.2, 0.25) is 0 Å². The molecule has 0 unspecified atom stereocenters. The van der Waals surface area contributed by atoms with Crippen molar-refractivity contribution in [1.82, 2.24) is 9.97 Å². The second kappa shape index (κ2) is 4.84. The molecule has 0 spiro atoms. The van der Waals surface area contributed by atoms with Crippen LogP contribution in [-0.2, 0) is 0 Å². The first-order valence-corrected chi connectivity index (χ1v) is 7.17. The number of nitrogens with zero attached hydrogens (tertiary/aromatic N) is 3. The molecule has 1 amide bonds. The minimum absolute atomic E-state index is 0.0168. The van der Waals surface area contributed by atoms with E-state index in [2.05, 4.69) is 9.97 Å². The highest BCUT2D eigenvalue weighted by atomic mass is 16.5. The van der Waals surface area contributed by atoms with E-state index in [1.165, 1.54) is 12.8 Å². The minimum atomic E-state index is -0.0168. The van der Waals surface area contributed by atoms with E-state index in [1.54, 1.807) is 35.6 Å². The molecule has 1 aliphatic carbocycles. The third kappa shape index (κ3) is 2.24. The molecule has 3 heterocycles. The molecule has 0 aromatic carbocycles. The number of rotatable bonds is 2. The Hall–Kier alpha value is -2.43. The van der Waals surface area contributed by atoms with Gasteiger partial charge in [0.05, 0.1) is 12.7 Å². The topological polar surface area (TPSA) is 55.3 Å². The Labute approximate surface area is 122 Å². The first kappa shape index (κ1) is 12.3. The van der Waals surface area contributed by atoms with Crippen LogP contribution in [0.15, 0.2) is 36.8 Å². The quantitative estimate of drug-likeness (QED) is 0.848. The number of hydrogen-bond acceptors (Lipinski definition) is 4. The number of fused-ring (bicyclic) bond motifs is 1. The fourth-order valence-corrected chi connectivity index (χ4v) is 2.62. The van der Waals surface area contributed by atoms with E-state index >= 15 is 0 Å². The lowest BCUT2D eigenvalue weighted by molar-refractivity contribution is 0.0976. The van der Waals surface area contributed by atoms with E-state index < -0.39 is 0 Å². The molecular weight excluding hydrogens is 266 g/mol. The fraction of sp³-hybridized carbons (Fsp3) is 0.312. The number of hydrogen-bond donors (Lipinski definition) is 0. The highest BCUT2D eigenvalue weighted by Gasteiger charge is 2.28. The van der Waals surface area contributed by atoms with E-state index in [9.17, 15) is 4.79 Å². The molecule has 0 atom stereocenters. The van der Waals surface area contributed by atoms with Crippen LogP contribution in [0.1, 0.15) is 34.8 Å². The fourth-order valence-electron chi connectivity index (χ4n) is 2.62. The number of ether oxygens (including phenoxy) is 1. The zero-order chi connectivity index (χ0) is 14.2. The molecule has 1 aliphatic heterocycles. The molecule has 0 N–H and O–H groups in total. The molecule has 1 saturated carbocycles. The van der Waals surface area contributed by atoms with Crippen molar-refractivity contribution in [2.24, 2.45) is 0 Å². The number of aromatic nitrogens is 2. The maximum atomic E-state index is 12.8. The maximum absolute atomic E-state index is 12.8. The Balaban J connectivity index is 1.67. The van der Waals surface area contributed by atoms with E-state index in [0.717, 1.165) is 11.4 Å². The van der Waals surface area contributed by atoms with E-state index in [-0.39, 0.29) is 5.91 Å². The van der Waals surface area contributed by atoms with Gasteiger partial charge in [-0.05, 0) is 25.0 Å². The molecule has 5 heteroatoms. The van der Waals surface area contributed by atoms with Crippen molar-refractivity contribution in [3.8, 4) is 5.75 Å². The molecule has 4 rings (SSSR count). The first-order valence-electron chi connectivity index (χ1n) is 7.17. The number of carbonyl (C=O) groups is 1. The number of amides is 1. The SMILES string of the molecule is O=C(c1ccnc(C2CC2)c1)N1CCOc2ccncc21. The van der Waals surface area contributed by atoms with Crippen molar-refractivity contribution < 1.29 is 9.53 Å². The molecule has 5 nitrogen and oxygen atoms in total. The minimum Gasteiger partial charge on any atom is -0.489 e. The van der Waals surface area contributed by atoms with E-state index in [1.807, 2.05) is 6.07 Å². The van der Waals surface area contributed by atoms with Crippen molar-refractivity contribution in [3.05, 3.63) is 48.0 Å². The van der Waals surface area contributed by atoms with Gasteiger partial charge in [0.2, 0.25) is 0 Å². The molecule has 106 valence electrons. The number of carbonyl (C=O) groups excluding carboxylic acids is 1. The van der Waals surface area contributed by atoms with Gasteiger partial charge in [-0.3, -0.25) is 14.8 Å². The molecule has 2 aromatic heterocycles. The van der Waals surface area contributed by atoms with Crippen LogP contribution in [0.5, 0.6) is 5.75 Å². The zero-order valence-electron chi connectivity index (χ0n) is 11.5. The van der Waals surface area contributed by atoms with Crippen LogP contribution >= 0.6 is 0 Å². The number of pyridine rings is 2. The van der Waals surface area contributed by atoms with Gasteiger partial charge in [-0.25, -0.2) is 0 Å². The smallest absolute Gasteiger partial charge is 0.258 e. The van der Waals surface area contributed by atoms with Crippen molar-refractivity contribution in [3.63, 3.8) is 0 Å². The summed E-state index contributed by atoms with van der Waals surface area (Å²) in [4.78, 5) is 23.0. The summed E-state index contributed by atoms with van der Waals surface area (Å²) >= 11 is 0. The van der Waals surface area contributed by atoms with Gasteiger partial charge in [0.25, 0.3) is 5.91 Å². The summed E-state index contributed by atoms with van der Waals surface area (Å²) in [7, 11) is 0. The Morgan fingerprint density at radius 2 is 2.19 bits per heavy atom. The Morgan fingerprint density at radius 3 is 3.05 bits per heavy atom. The average Bonchev–Trinajstić information content (AvgIpc) is 3.39. The summed E-state index contributed by atoms with van der Waals surface area (Å²) in [5.41, 5.74) is 2.45. The summed E-state index contributed by atoms with van der Waals surface area (Å²) in [6.07, 6.45) is 7.43. The first-order chi connectivity index (χ1) is 10.3. The van der Waals surface area contributed by atoms with Gasteiger partial charge in [-0.2, -0.15) is 0 Å². The van der Waals surface area contributed by atoms with Crippen LogP contribution in [0.4, 0.5) is 5.69 Å². The van der Waals surface area contributed by atoms with Crippen LogP contribution in [0.3, 0.4) is 0 Å². The van der Waals surface area contributed by atoms with Crippen LogP contribution < -0.4 is 9.64 Å². The van der Waals surface area contributed by atoms with Gasteiger partial charge < -0.3 is 9.64 Å². The molecule has 0 radical (unpaired) electrons. The van der Waals surface area contributed by atoms with Crippen molar-refractivity contribution >= 4 is 11.6 Å². The highest BCUT2D eigenvalue weighted by molar-refractivity contribution is 6.07. The monoisotopic (exact) mass is 281 g/mol. The van der Waals surface area contributed by atoms with E-state index in [0.29, 0.717) is 30.4 Å². The lowest BCUT2D eigenvalue weighted by atomic mass is 10.1. The number of anilines is 1. The van der Waals surface area contributed by atoms with Crippen LogP contribution in [0, 0.1) is 0 Å². The second-order valence-electron chi connectivity index (χ2n) is 5.39.